The third-order valence-corrected chi connectivity index (χ3v) is 6.31. The summed E-state index contributed by atoms with van der Waals surface area (Å²) in [7, 11) is 0. The van der Waals surface area contributed by atoms with Crippen molar-refractivity contribution in [2.45, 2.75) is 6.61 Å². The number of hydrogen-bond donors (Lipinski definition) is 2. The van der Waals surface area contributed by atoms with Crippen molar-refractivity contribution in [3.05, 3.63) is 97.3 Å². The van der Waals surface area contributed by atoms with Gasteiger partial charge in [-0.25, -0.2) is 9.79 Å². The van der Waals surface area contributed by atoms with Gasteiger partial charge in [-0.05, 0) is 71.9 Å². The molecule has 1 amide bonds. The van der Waals surface area contributed by atoms with Crippen LogP contribution in [0.2, 0.25) is 15.1 Å². The van der Waals surface area contributed by atoms with Crippen molar-refractivity contribution in [3.63, 3.8) is 0 Å². The molecule has 4 rings (SSSR count). The second-order valence-corrected chi connectivity index (χ2v) is 9.36. The average molecular weight is 534 g/mol. The Morgan fingerprint density at radius 2 is 1.85 bits per heavy atom. The Kier molecular flexibility index (Phi) is 7.48. The summed E-state index contributed by atoms with van der Waals surface area (Å²) in [6.45, 7) is 0.285. The van der Waals surface area contributed by atoms with Gasteiger partial charge in [-0.2, -0.15) is 0 Å². The average Bonchev–Trinajstić information content (AvgIpc) is 3.13. The third kappa shape index (κ3) is 5.93. The van der Waals surface area contributed by atoms with E-state index in [0.29, 0.717) is 37.1 Å². The van der Waals surface area contributed by atoms with Gasteiger partial charge >= 0.3 is 5.97 Å². The highest BCUT2D eigenvalue weighted by Crippen LogP contribution is 2.33. The molecule has 0 spiro atoms. The number of aromatic carboxylic acids is 1. The second-order valence-electron chi connectivity index (χ2n) is 7.05. The molecule has 0 unspecified atom stereocenters. The monoisotopic (exact) mass is 532 g/mol. The number of carboxylic acid groups (broad SMARTS) is 1. The molecule has 34 heavy (non-hydrogen) atoms. The minimum atomic E-state index is -1.16. The van der Waals surface area contributed by atoms with E-state index in [1.807, 2.05) is 18.2 Å². The molecule has 6 nitrogen and oxygen atoms in total. The molecular weight excluding hydrogens is 519 g/mol. The minimum Gasteiger partial charge on any atom is -0.488 e. The summed E-state index contributed by atoms with van der Waals surface area (Å²) in [5.74, 6) is -0.974. The summed E-state index contributed by atoms with van der Waals surface area (Å²) in [5, 5.41) is 13.4. The number of rotatable bonds is 6. The van der Waals surface area contributed by atoms with Crippen LogP contribution in [-0.4, -0.2) is 22.2 Å². The zero-order valence-corrected chi connectivity index (χ0v) is 20.3. The first-order valence-corrected chi connectivity index (χ1v) is 11.7. The summed E-state index contributed by atoms with van der Waals surface area (Å²) in [6.07, 6.45) is 1.66. The number of aliphatic imine (C=N–C) groups is 1. The van der Waals surface area contributed by atoms with Gasteiger partial charge in [0.1, 0.15) is 12.4 Å². The van der Waals surface area contributed by atoms with Gasteiger partial charge in [0.05, 0.1) is 21.2 Å². The Morgan fingerprint density at radius 3 is 2.62 bits per heavy atom. The van der Waals surface area contributed by atoms with E-state index in [1.165, 1.54) is 12.1 Å². The predicted molar refractivity (Wildman–Crippen MR) is 136 cm³/mol. The maximum Gasteiger partial charge on any atom is 0.337 e. The SMILES string of the molecule is O=C1NC(=Nc2ccc(Cl)c(C(=O)O)c2)S/C1=C\c1cc(Cl)ccc1OCc1cccc(Cl)c1. The van der Waals surface area contributed by atoms with Crippen LogP contribution < -0.4 is 10.1 Å². The molecule has 1 aliphatic rings. The lowest BCUT2D eigenvalue weighted by Gasteiger charge is -2.10. The van der Waals surface area contributed by atoms with E-state index < -0.39 is 5.97 Å². The molecule has 0 atom stereocenters. The predicted octanol–water partition coefficient (Wildman–Crippen LogP) is 6.82. The molecule has 0 saturated carbocycles. The van der Waals surface area contributed by atoms with Crippen LogP contribution in [0.3, 0.4) is 0 Å². The van der Waals surface area contributed by atoms with E-state index in [9.17, 15) is 14.7 Å². The molecule has 1 fully saturated rings. The zero-order valence-electron chi connectivity index (χ0n) is 17.2. The van der Waals surface area contributed by atoms with Crippen molar-refractivity contribution in [2.24, 2.45) is 4.99 Å². The first-order valence-electron chi connectivity index (χ1n) is 9.78. The van der Waals surface area contributed by atoms with Crippen molar-refractivity contribution in [1.29, 1.82) is 0 Å². The molecule has 0 aromatic heterocycles. The van der Waals surface area contributed by atoms with E-state index in [-0.39, 0.29) is 23.1 Å². The number of amidine groups is 1. The number of halogens is 3. The normalized spacial score (nSPS) is 15.6. The van der Waals surface area contributed by atoms with Crippen LogP contribution in [0.4, 0.5) is 5.69 Å². The van der Waals surface area contributed by atoms with Crippen LogP contribution >= 0.6 is 46.6 Å². The summed E-state index contributed by atoms with van der Waals surface area (Å²) in [6, 6.07) is 16.8. The molecule has 1 saturated heterocycles. The van der Waals surface area contributed by atoms with Crippen LogP contribution in [0.1, 0.15) is 21.5 Å². The van der Waals surface area contributed by atoms with Gasteiger partial charge < -0.3 is 15.2 Å². The fraction of sp³-hybridized carbons (Fsp3) is 0.0417. The Morgan fingerprint density at radius 1 is 1.06 bits per heavy atom. The van der Waals surface area contributed by atoms with E-state index in [2.05, 4.69) is 10.3 Å². The van der Waals surface area contributed by atoms with Gasteiger partial charge in [0.25, 0.3) is 5.91 Å². The van der Waals surface area contributed by atoms with Crippen molar-refractivity contribution in [2.75, 3.05) is 0 Å². The van der Waals surface area contributed by atoms with Crippen molar-refractivity contribution >= 4 is 75.4 Å². The van der Waals surface area contributed by atoms with Crippen LogP contribution in [0, 0.1) is 0 Å². The summed E-state index contributed by atoms with van der Waals surface area (Å²) >= 11 is 19.2. The zero-order chi connectivity index (χ0) is 24.2. The number of thioether (sulfide) groups is 1. The molecule has 172 valence electrons. The number of carbonyl (C=O) groups is 2. The van der Waals surface area contributed by atoms with Crippen molar-refractivity contribution in [1.82, 2.24) is 5.32 Å². The highest BCUT2D eigenvalue weighted by Gasteiger charge is 2.24. The largest absolute Gasteiger partial charge is 0.488 e. The number of ether oxygens (including phenoxy) is 1. The van der Waals surface area contributed by atoms with Gasteiger partial charge in [-0.3, -0.25) is 4.79 Å². The lowest BCUT2D eigenvalue weighted by atomic mass is 10.1. The fourth-order valence-corrected chi connectivity index (χ4v) is 4.46. The standard InChI is InChI=1S/C24H15Cl3N2O4S/c25-15-3-1-2-13(8-15)12-33-20-7-4-16(26)9-14(20)10-21-22(30)29-24(34-21)28-17-5-6-19(27)18(11-17)23(31)32/h1-11H,12H2,(H,31,32)(H,28,29,30)/b21-10-. The summed E-state index contributed by atoms with van der Waals surface area (Å²) < 4.78 is 5.95. The number of hydrogen-bond acceptors (Lipinski definition) is 5. The fourth-order valence-electron chi connectivity index (χ4n) is 3.04. The van der Waals surface area contributed by atoms with E-state index in [4.69, 9.17) is 39.5 Å². The quantitative estimate of drug-likeness (QED) is 0.340. The molecule has 0 aliphatic carbocycles. The minimum absolute atomic E-state index is 0.0750. The van der Waals surface area contributed by atoms with Gasteiger partial charge in [0.15, 0.2) is 5.17 Å². The first-order chi connectivity index (χ1) is 16.3. The molecule has 10 heteroatoms. The number of carbonyl (C=O) groups excluding carboxylic acids is 1. The maximum atomic E-state index is 12.5. The lowest BCUT2D eigenvalue weighted by molar-refractivity contribution is -0.115. The first kappa shape index (κ1) is 24.2. The number of nitrogens with one attached hydrogen (secondary N) is 1. The Bertz CT molecular complexity index is 1360. The van der Waals surface area contributed by atoms with Gasteiger partial charge in [0.2, 0.25) is 0 Å². The van der Waals surface area contributed by atoms with Crippen LogP contribution in [0.25, 0.3) is 6.08 Å². The van der Waals surface area contributed by atoms with Gasteiger partial charge in [0, 0.05) is 15.6 Å². The highest BCUT2D eigenvalue weighted by molar-refractivity contribution is 8.18. The number of amides is 1. The number of nitrogens with zero attached hydrogens (tertiary/aromatic N) is 1. The van der Waals surface area contributed by atoms with Crippen LogP contribution in [0.5, 0.6) is 5.75 Å². The molecule has 3 aromatic carbocycles. The van der Waals surface area contributed by atoms with Crippen molar-refractivity contribution < 1.29 is 19.4 Å². The van der Waals surface area contributed by atoms with Crippen molar-refractivity contribution in [3.8, 4) is 5.75 Å². The molecule has 3 aromatic rings. The Labute approximate surface area is 214 Å². The van der Waals surface area contributed by atoms with Crippen LogP contribution in [-0.2, 0) is 11.4 Å². The van der Waals surface area contributed by atoms with Gasteiger partial charge in [-0.15, -0.1) is 0 Å². The lowest BCUT2D eigenvalue weighted by Crippen LogP contribution is -2.19. The molecule has 1 aliphatic heterocycles. The maximum absolute atomic E-state index is 12.5. The molecule has 2 N–H and O–H groups in total. The topological polar surface area (TPSA) is 88.0 Å². The molecule has 0 bridgehead atoms. The van der Waals surface area contributed by atoms with Gasteiger partial charge in [-0.1, -0.05) is 46.9 Å². The van der Waals surface area contributed by atoms with E-state index in [1.54, 1.807) is 36.4 Å². The highest BCUT2D eigenvalue weighted by atomic mass is 35.5. The number of carboxylic acids is 1. The summed E-state index contributed by atoms with van der Waals surface area (Å²) in [4.78, 5) is 28.5. The molecular formula is C24H15Cl3N2O4S. The van der Waals surface area contributed by atoms with Crippen LogP contribution in [0.15, 0.2) is 70.6 Å². The summed E-state index contributed by atoms with van der Waals surface area (Å²) in [5.41, 5.74) is 1.79. The third-order valence-electron chi connectivity index (χ3n) is 4.60. The Balaban J connectivity index is 1.57. The molecule has 1 heterocycles. The van der Waals surface area contributed by atoms with E-state index >= 15 is 0 Å². The second kappa shape index (κ2) is 10.5. The smallest absolute Gasteiger partial charge is 0.337 e. The number of benzene rings is 3. The molecule has 0 radical (unpaired) electrons. The van der Waals surface area contributed by atoms with E-state index in [0.717, 1.165) is 17.3 Å². The Hall–Kier alpha value is -2.97.